The van der Waals surface area contributed by atoms with Gasteiger partial charge in [0.05, 0.1) is 4.70 Å². The van der Waals surface area contributed by atoms with Crippen LogP contribution in [0.2, 0.25) is 0 Å². The molecule has 0 saturated heterocycles. The molecule has 9 aromatic rings. The van der Waals surface area contributed by atoms with E-state index < -0.39 is 0 Å². The molecule has 0 atom stereocenters. The van der Waals surface area contributed by atoms with Gasteiger partial charge in [-0.1, -0.05) is 121 Å². The average molecular weight is 553 g/mol. The highest BCUT2D eigenvalue weighted by atomic mass is 32.1. The smallest absolute Gasteiger partial charge is 0.153 e. The number of benzene rings is 7. The molecule has 196 valence electrons. The molecule has 9 rings (SSSR count). The molecule has 0 unspecified atom stereocenters. The van der Waals surface area contributed by atoms with Gasteiger partial charge in [0.2, 0.25) is 0 Å². The third-order valence-corrected chi connectivity index (χ3v) is 9.54. The van der Waals surface area contributed by atoms with E-state index in [-0.39, 0.29) is 0 Å². The molecule has 0 N–H and O–H groups in total. The van der Waals surface area contributed by atoms with Crippen LogP contribution in [0.4, 0.5) is 0 Å². The summed E-state index contributed by atoms with van der Waals surface area (Å²) >= 11 is 1.76. The van der Waals surface area contributed by atoms with Crippen LogP contribution in [-0.4, -0.2) is 0 Å². The quantitative estimate of drug-likeness (QED) is 0.199. The lowest BCUT2D eigenvalue weighted by Gasteiger charge is -2.17. The second kappa shape index (κ2) is 9.17. The number of rotatable bonds is 3. The van der Waals surface area contributed by atoms with Crippen LogP contribution in [-0.2, 0) is 0 Å². The van der Waals surface area contributed by atoms with Crippen LogP contribution < -0.4 is 0 Å². The van der Waals surface area contributed by atoms with Crippen LogP contribution in [0.1, 0.15) is 0 Å². The van der Waals surface area contributed by atoms with Crippen molar-refractivity contribution in [2.45, 2.75) is 0 Å². The minimum atomic E-state index is 0.921. The number of fused-ring (bicyclic) bond motifs is 7. The van der Waals surface area contributed by atoms with Crippen molar-refractivity contribution in [1.82, 2.24) is 0 Å². The molecule has 0 saturated carbocycles. The molecule has 0 radical (unpaired) electrons. The molecule has 2 aromatic heterocycles. The molecule has 0 spiro atoms. The molecule has 0 aliphatic carbocycles. The van der Waals surface area contributed by atoms with Gasteiger partial charge in [-0.05, 0) is 72.9 Å². The standard InChI is InChI=1S/C40H24OS/c1-3-11-25(12-4-1)35-24-42-40-34(35)22-21-33-28-20-19-27(23-36(28)41-39(33)40)38-31-17-9-7-15-29(31)37(26-13-5-2-6-14-26)30-16-8-10-18-32(30)38/h1-24H. The highest BCUT2D eigenvalue weighted by Gasteiger charge is 2.19. The van der Waals surface area contributed by atoms with Gasteiger partial charge in [-0.15, -0.1) is 11.3 Å². The molecule has 42 heavy (non-hydrogen) atoms. The summed E-state index contributed by atoms with van der Waals surface area (Å²) in [5.74, 6) is 0. The average Bonchev–Trinajstić information content (AvgIpc) is 3.66. The van der Waals surface area contributed by atoms with Gasteiger partial charge < -0.3 is 4.42 Å². The number of furan rings is 1. The summed E-state index contributed by atoms with van der Waals surface area (Å²) in [6.07, 6.45) is 0. The van der Waals surface area contributed by atoms with Crippen LogP contribution in [0.15, 0.2) is 149 Å². The number of hydrogen-bond donors (Lipinski definition) is 0. The Hall–Kier alpha value is -5.18. The lowest BCUT2D eigenvalue weighted by atomic mass is 9.86. The molecule has 1 nitrogen and oxygen atoms in total. The summed E-state index contributed by atoms with van der Waals surface area (Å²) in [5.41, 5.74) is 9.32. The van der Waals surface area contributed by atoms with Gasteiger partial charge in [0.15, 0.2) is 5.58 Å². The monoisotopic (exact) mass is 552 g/mol. The highest BCUT2D eigenvalue weighted by molar-refractivity contribution is 7.18. The molecule has 0 aliphatic heterocycles. The van der Waals surface area contributed by atoms with Crippen molar-refractivity contribution in [3.63, 3.8) is 0 Å². The lowest BCUT2D eigenvalue weighted by molar-refractivity contribution is 0.673. The minimum Gasteiger partial charge on any atom is -0.455 e. The molecular weight excluding hydrogens is 529 g/mol. The molecule has 2 heteroatoms. The van der Waals surface area contributed by atoms with E-state index in [4.69, 9.17) is 4.42 Å². The normalized spacial score (nSPS) is 11.8. The fraction of sp³-hybridized carbons (Fsp3) is 0. The first-order valence-electron chi connectivity index (χ1n) is 14.3. The summed E-state index contributed by atoms with van der Waals surface area (Å²) in [7, 11) is 0. The van der Waals surface area contributed by atoms with Crippen LogP contribution in [0.5, 0.6) is 0 Å². The van der Waals surface area contributed by atoms with Gasteiger partial charge in [0.1, 0.15) is 5.58 Å². The summed E-state index contributed by atoms with van der Waals surface area (Å²) < 4.78 is 7.91. The molecule has 0 aliphatic rings. The molecule has 0 amide bonds. The Morgan fingerprint density at radius 1 is 0.405 bits per heavy atom. The van der Waals surface area contributed by atoms with Gasteiger partial charge in [-0.2, -0.15) is 0 Å². The van der Waals surface area contributed by atoms with Gasteiger partial charge in [0, 0.05) is 21.7 Å². The predicted octanol–water partition coefficient (Wildman–Crippen LogP) is 12.1. The second-order valence-electron chi connectivity index (χ2n) is 10.9. The SMILES string of the molecule is c1ccc(-c2c3ccccc3c(-c3ccc4c(c3)oc3c4ccc4c(-c5ccccc5)csc43)c3ccccc23)cc1. The first-order chi connectivity index (χ1) is 20.8. The zero-order valence-electron chi connectivity index (χ0n) is 22.7. The van der Waals surface area contributed by atoms with E-state index in [0.29, 0.717) is 0 Å². The summed E-state index contributed by atoms with van der Waals surface area (Å²) in [6.45, 7) is 0. The maximum atomic E-state index is 6.70. The van der Waals surface area contributed by atoms with Gasteiger partial charge >= 0.3 is 0 Å². The van der Waals surface area contributed by atoms with Crippen molar-refractivity contribution in [3.8, 4) is 33.4 Å². The minimum absolute atomic E-state index is 0.921. The van der Waals surface area contributed by atoms with E-state index in [1.54, 1.807) is 11.3 Å². The first-order valence-corrected chi connectivity index (χ1v) is 15.1. The zero-order valence-corrected chi connectivity index (χ0v) is 23.5. The summed E-state index contributed by atoms with van der Waals surface area (Å²) in [5, 5.41) is 10.8. The van der Waals surface area contributed by atoms with Crippen molar-refractivity contribution >= 4 is 64.9 Å². The molecule has 0 bridgehead atoms. The topological polar surface area (TPSA) is 13.1 Å². The van der Waals surface area contributed by atoms with E-state index in [2.05, 4.69) is 145 Å². The highest BCUT2D eigenvalue weighted by Crippen LogP contribution is 2.46. The third kappa shape index (κ3) is 3.43. The van der Waals surface area contributed by atoms with Crippen LogP contribution in [0.3, 0.4) is 0 Å². The Balaban J connectivity index is 1.30. The Labute approximate surface area is 246 Å². The van der Waals surface area contributed by atoms with Crippen LogP contribution >= 0.6 is 11.3 Å². The maximum absolute atomic E-state index is 6.70. The summed E-state index contributed by atoms with van der Waals surface area (Å²) in [6, 6.07) is 50.2. The molecular formula is C40H24OS. The van der Waals surface area contributed by atoms with Crippen LogP contribution in [0, 0.1) is 0 Å². The zero-order chi connectivity index (χ0) is 27.6. The third-order valence-electron chi connectivity index (χ3n) is 8.55. The van der Waals surface area contributed by atoms with E-state index in [1.165, 1.54) is 70.4 Å². The number of hydrogen-bond acceptors (Lipinski definition) is 2. The van der Waals surface area contributed by atoms with E-state index in [1.807, 2.05) is 0 Å². The fourth-order valence-corrected chi connectivity index (χ4v) is 7.74. The Bertz CT molecular complexity index is 2390. The van der Waals surface area contributed by atoms with Crippen molar-refractivity contribution < 1.29 is 4.42 Å². The van der Waals surface area contributed by atoms with Gasteiger partial charge in [-0.3, -0.25) is 0 Å². The van der Waals surface area contributed by atoms with Crippen molar-refractivity contribution in [2.75, 3.05) is 0 Å². The molecule has 7 aromatic carbocycles. The van der Waals surface area contributed by atoms with Crippen molar-refractivity contribution in [2.24, 2.45) is 0 Å². The van der Waals surface area contributed by atoms with E-state index >= 15 is 0 Å². The summed E-state index contributed by atoms with van der Waals surface area (Å²) in [4.78, 5) is 0. The van der Waals surface area contributed by atoms with Crippen LogP contribution in [0.25, 0.3) is 87.0 Å². The second-order valence-corrected chi connectivity index (χ2v) is 11.7. The first kappa shape index (κ1) is 23.5. The maximum Gasteiger partial charge on any atom is 0.153 e. The molecule has 2 heterocycles. The largest absolute Gasteiger partial charge is 0.455 e. The van der Waals surface area contributed by atoms with E-state index in [9.17, 15) is 0 Å². The number of thiophene rings is 1. The predicted molar refractivity (Wildman–Crippen MR) is 180 cm³/mol. The Morgan fingerprint density at radius 3 is 1.57 bits per heavy atom. The fourth-order valence-electron chi connectivity index (χ4n) is 6.68. The van der Waals surface area contributed by atoms with Gasteiger partial charge in [0.25, 0.3) is 0 Å². The lowest BCUT2D eigenvalue weighted by Crippen LogP contribution is -1.90. The van der Waals surface area contributed by atoms with Gasteiger partial charge in [-0.25, -0.2) is 0 Å². The molecule has 0 fully saturated rings. The Morgan fingerprint density at radius 2 is 0.929 bits per heavy atom. The van der Waals surface area contributed by atoms with Crippen molar-refractivity contribution in [1.29, 1.82) is 0 Å². The van der Waals surface area contributed by atoms with E-state index in [0.717, 1.165) is 16.6 Å². The van der Waals surface area contributed by atoms with Crippen molar-refractivity contribution in [3.05, 3.63) is 145 Å². The Kier molecular flexibility index (Phi) is 5.13.